The minimum absolute atomic E-state index is 0.593. The number of aromatic amines is 1. The molecule has 0 fully saturated rings. The second-order valence-electron chi connectivity index (χ2n) is 2.83. The highest BCUT2D eigenvalue weighted by atomic mass is 15.2. The van der Waals surface area contributed by atoms with Crippen molar-refractivity contribution in [3.05, 3.63) is 12.2 Å². The smallest absolute Gasteiger partial charge is 0.138 e. The number of hydrogen-bond donors (Lipinski definition) is 2. The Morgan fingerprint density at radius 3 is 2.75 bits per heavy atom. The molecule has 1 aromatic rings. The van der Waals surface area contributed by atoms with Crippen molar-refractivity contribution in [2.24, 2.45) is 0 Å². The first-order chi connectivity index (χ1) is 5.86. The molecule has 0 saturated heterocycles. The van der Waals surface area contributed by atoms with Gasteiger partial charge in [0, 0.05) is 6.04 Å². The largest absolute Gasteiger partial charge is 0.307 e. The van der Waals surface area contributed by atoms with Crippen molar-refractivity contribution in [2.75, 3.05) is 0 Å². The van der Waals surface area contributed by atoms with Gasteiger partial charge in [-0.1, -0.05) is 13.8 Å². The molecule has 0 bridgehead atoms. The van der Waals surface area contributed by atoms with Crippen LogP contribution in [0.3, 0.4) is 0 Å². The molecule has 2 N–H and O–H groups in total. The summed E-state index contributed by atoms with van der Waals surface area (Å²) < 4.78 is 0. The number of aromatic nitrogens is 3. The molecule has 0 aliphatic carbocycles. The van der Waals surface area contributed by atoms with E-state index in [1.807, 2.05) is 0 Å². The van der Waals surface area contributed by atoms with Gasteiger partial charge in [-0.3, -0.25) is 5.10 Å². The SMILES string of the molecule is CCC(CC)NCc1ncn[nH]1. The normalized spacial score (nSPS) is 10.9. The monoisotopic (exact) mass is 168 g/mol. The number of nitrogens with one attached hydrogen (secondary N) is 2. The summed E-state index contributed by atoms with van der Waals surface area (Å²) in [6.07, 6.45) is 3.85. The van der Waals surface area contributed by atoms with E-state index in [-0.39, 0.29) is 0 Å². The Bertz CT molecular complexity index is 191. The molecule has 0 aromatic carbocycles. The van der Waals surface area contributed by atoms with Crippen LogP contribution in [-0.4, -0.2) is 21.2 Å². The zero-order valence-corrected chi connectivity index (χ0v) is 7.67. The lowest BCUT2D eigenvalue weighted by molar-refractivity contribution is 0.476. The van der Waals surface area contributed by atoms with Gasteiger partial charge >= 0.3 is 0 Å². The van der Waals surface area contributed by atoms with Gasteiger partial charge in [-0.2, -0.15) is 5.10 Å². The summed E-state index contributed by atoms with van der Waals surface area (Å²) in [6, 6.07) is 0.593. The van der Waals surface area contributed by atoms with E-state index < -0.39 is 0 Å². The molecule has 0 atom stereocenters. The second kappa shape index (κ2) is 4.87. The average molecular weight is 168 g/mol. The third-order valence-corrected chi connectivity index (χ3v) is 2.01. The topological polar surface area (TPSA) is 53.6 Å². The van der Waals surface area contributed by atoms with E-state index in [1.54, 1.807) is 0 Å². The van der Waals surface area contributed by atoms with Crippen molar-refractivity contribution in [1.29, 1.82) is 0 Å². The summed E-state index contributed by atoms with van der Waals surface area (Å²) in [7, 11) is 0. The minimum atomic E-state index is 0.593. The quantitative estimate of drug-likeness (QED) is 0.691. The van der Waals surface area contributed by atoms with Crippen LogP contribution < -0.4 is 5.32 Å². The van der Waals surface area contributed by atoms with Crippen molar-refractivity contribution < 1.29 is 0 Å². The summed E-state index contributed by atoms with van der Waals surface area (Å²) >= 11 is 0. The van der Waals surface area contributed by atoms with Crippen LogP contribution in [0, 0.1) is 0 Å². The predicted molar refractivity (Wildman–Crippen MR) is 47.6 cm³/mol. The van der Waals surface area contributed by atoms with Gasteiger partial charge in [0.05, 0.1) is 6.54 Å². The van der Waals surface area contributed by atoms with Gasteiger partial charge in [-0.25, -0.2) is 4.98 Å². The summed E-state index contributed by atoms with van der Waals surface area (Å²) in [5.41, 5.74) is 0. The second-order valence-corrected chi connectivity index (χ2v) is 2.83. The van der Waals surface area contributed by atoms with Crippen LogP contribution in [-0.2, 0) is 6.54 Å². The Morgan fingerprint density at radius 1 is 1.50 bits per heavy atom. The molecule has 0 spiro atoms. The summed E-state index contributed by atoms with van der Waals surface area (Å²) in [5.74, 6) is 0.905. The first-order valence-corrected chi connectivity index (χ1v) is 4.44. The van der Waals surface area contributed by atoms with Gasteiger partial charge in [0.1, 0.15) is 12.2 Å². The predicted octanol–water partition coefficient (Wildman–Crippen LogP) is 1.08. The van der Waals surface area contributed by atoms with Crippen LogP contribution in [0.15, 0.2) is 6.33 Å². The molecule has 12 heavy (non-hydrogen) atoms. The van der Waals surface area contributed by atoms with Crippen LogP contribution in [0.5, 0.6) is 0 Å². The van der Waals surface area contributed by atoms with Crippen molar-refractivity contribution >= 4 is 0 Å². The van der Waals surface area contributed by atoms with E-state index in [4.69, 9.17) is 0 Å². The molecule has 4 heteroatoms. The Labute approximate surface area is 72.8 Å². The molecule has 68 valence electrons. The van der Waals surface area contributed by atoms with Gasteiger partial charge < -0.3 is 5.32 Å². The van der Waals surface area contributed by atoms with E-state index in [0.29, 0.717) is 6.04 Å². The van der Waals surface area contributed by atoms with Crippen LogP contribution >= 0.6 is 0 Å². The fourth-order valence-electron chi connectivity index (χ4n) is 1.13. The molecule has 0 aliphatic heterocycles. The van der Waals surface area contributed by atoms with E-state index >= 15 is 0 Å². The molecule has 0 radical (unpaired) electrons. The van der Waals surface area contributed by atoms with E-state index in [2.05, 4.69) is 34.3 Å². The maximum Gasteiger partial charge on any atom is 0.138 e. The lowest BCUT2D eigenvalue weighted by Crippen LogP contribution is -2.27. The molecule has 0 amide bonds. The maximum absolute atomic E-state index is 4.03. The highest BCUT2D eigenvalue weighted by Crippen LogP contribution is 1.96. The van der Waals surface area contributed by atoms with Gasteiger partial charge in [0.25, 0.3) is 0 Å². The lowest BCUT2D eigenvalue weighted by atomic mass is 10.2. The molecule has 0 saturated carbocycles. The molecule has 1 rings (SSSR count). The summed E-state index contributed by atoms with van der Waals surface area (Å²) in [6.45, 7) is 5.15. The van der Waals surface area contributed by atoms with Gasteiger partial charge in [0.15, 0.2) is 0 Å². The minimum Gasteiger partial charge on any atom is -0.307 e. The number of H-pyrrole nitrogens is 1. The molecular formula is C8H16N4. The van der Waals surface area contributed by atoms with E-state index in [9.17, 15) is 0 Å². The van der Waals surface area contributed by atoms with Crippen molar-refractivity contribution in [3.8, 4) is 0 Å². The average Bonchev–Trinajstić information content (AvgIpc) is 2.59. The Balaban J connectivity index is 2.25. The Kier molecular flexibility index (Phi) is 3.73. The first-order valence-electron chi connectivity index (χ1n) is 4.44. The first kappa shape index (κ1) is 9.19. The fourth-order valence-corrected chi connectivity index (χ4v) is 1.13. The van der Waals surface area contributed by atoms with Crippen molar-refractivity contribution in [3.63, 3.8) is 0 Å². The van der Waals surface area contributed by atoms with Crippen LogP contribution in [0.25, 0.3) is 0 Å². The molecule has 0 aliphatic rings. The molecule has 1 aromatic heterocycles. The highest BCUT2D eigenvalue weighted by Gasteiger charge is 2.02. The van der Waals surface area contributed by atoms with Gasteiger partial charge in [-0.15, -0.1) is 0 Å². The summed E-state index contributed by atoms with van der Waals surface area (Å²) in [5, 5.41) is 9.98. The number of hydrogen-bond acceptors (Lipinski definition) is 3. The van der Waals surface area contributed by atoms with Crippen LogP contribution in [0.4, 0.5) is 0 Å². The molecule has 4 nitrogen and oxygen atoms in total. The third-order valence-electron chi connectivity index (χ3n) is 2.01. The van der Waals surface area contributed by atoms with Crippen molar-refractivity contribution in [2.45, 2.75) is 39.3 Å². The Hall–Kier alpha value is -0.900. The molecular weight excluding hydrogens is 152 g/mol. The zero-order chi connectivity index (χ0) is 8.81. The van der Waals surface area contributed by atoms with Crippen molar-refractivity contribution in [1.82, 2.24) is 20.5 Å². The zero-order valence-electron chi connectivity index (χ0n) is 7.67. The van der Waals surface area contributed by atoms with Crippen LogP contribution in [0.2, 0.25) is 0 Å². The highest BCUT2D eigenvalue weighted by molar-refractivity contribution is 4.79. The Morgan fingerprint density at radius 2 is 2.25 bits per heavy atom. The van der Waals surface area contributed by atoms with E-state index in [1.165, 1.54) is 6.33 Å². The maximum atomic E-state index is 4.03. The summed E-state index contributed by atoms with van der Waals surface area (Å²) in [4.78, 5) is 4.03. The third kappa shape index (κ3) is 2.62. The molecule has 0 unspecified atom stereocenters. The standard InChI is InChI=1S/C8H16N4/c1-3-7(4-2)9-5-8-10-6-11-12-8/h6-7,9H,3-5H2,1-2H3,(H,10,11,12). The van der Waals surface area contributed by atoms with Gasteiger partial charge in [0.2, 0.25) is 0 Å². The number of nitrogens with zero attached hydrogens (tertiary/aromatic N) is 2. The van der Waals surface area contributed by atoms with Gasteiger partial charge in [-0.05, 0) is 12.8 Å². The van der Waals surface area contributed by atoms with E-state index in [0.717, 1.165) is 25.2 Å². The molecule has 1 heterocycles. The number of rotatable bonds is 5. The fraction of sp³-hybridized carbons (Fsp3) is 0.750. The van der Waals surface area contributed by atoms with Crippen LogP contribution in [0.1, 0.15) is 32.5 Å². The lowest BCUT2D eigenvalue weighted by Gasteiger charge is -2.12.